The van der Waals surface area contributed by atoms with Gasteiger partial charge in [0.25, 0.3) is 0 Å². The lowest BCUT2D eigenvalue weighted by Gasteiger charge is -2.05. The van der Waals surface area contributed by atoms with Crippen LogP contribution in [0.4, 0.5) is 10.1 Å². The van der Waals surface area contributed by atoms with Gasteiger partial charge in [0.1, 0.15) is 25.0 Å². The maximum absolute atomic E-state index is 13.7. The molecule has 0 aliphatic rings. The first kappa shape index (κ1) is 13.7. The number of nitrogens with two attached hydrogens (primary N) is 1. The summed E-state index contributed by atoms with van der Waals surface area (Å²) in [7, 11) is 0. The molecule has 2 rings (SSSR count). The number of anilines is 1. The fourth-order valence-corrected chi connectivity index (χ4v) is 1.50. The summed E-state index contributed by atoms with van der Waals surface area (Å²) in [5.41, 5.74) is 5.81. The van der Waals surface area contributed by atoms with Crippen molar-refractivity contribution in [3.63, 3.8) is 0 Å². The van der Waals surface area contributed by atoms with Gasteiger partial charge in [0.15, 0.2) is 0 Å². The third kappa shape index (κ3) is 3.63. The Morgan fingerprint density at radius 1 is 1.50 bits per heavy atom. The zero-order valence-electron chi connectivity index (χ0n) is 10.5. The molecular weight excluding hydrogens is 261 g/mol. The van der Waals surface area contributed by atoms with Crippen LogP contribution in [0.5, 0.6) is 0 Å². The van der Waals surface area contributed by atoms with Crippen LogP contribution in [-0.2, 0) is 11.3 Å². The second-order valence-corrected chi connectivity index (χ2v) is 3.84. The summed E-state index contributed by atoms with van der Waals surface area (Å²) in [6.07, 6.45) is 2.75. The molecule has 0 aliphatic carbocycles. The van der Waals surface area contributed by atoms with Gasteiger partial charge in [-0.3, -0.25) is 4.79 Å². The Kier molecular flexibility index (Phi) is 4.42. The molecule has 1 heterocycles. The lowest BCUT2D eigenvalue weighted by Crippen LogP contribution is -2.19. The van der Waals surface area contributed by atoms with E-state index in [-0.39, 0.29) is 24.6 Å². The maximum atomic E-state index is 13.7. The number of halogens is 1. The predicted octanol–water partition coefficient (Wildman–Crippen LogP) is 0.366. The zero-order valence-corrected chi connectivity index (χ0v) is 10.5. The van der Waals surface area contributed by atoms with Crippen LogP contribution >= 0.6 is 0 Å². The number of hydrogen-bond acceptors (Lipinski definition) is 4. The highest BCUT2D eigenvalue weighted by Gasteiger charge is 2.06. The fraction of sp³-hybridized carbons (Fsp3) is 0.154. The Bertz CT molecular complexity index is 657. The first-order valence-electron chi connectivity index (χ1n) is 5.80. The Balaban J connectivity index is 2.03. The average Bonchev–Trinajstić information content (AvgIpc) is 2.90. The number of carbonyl (C=O) groups is 1. The number of carbonyl (C=O) groups excluding carboxylic acids is 1. The first-order chi connectivity index (χ1) is 9.69. The largest absolute Gasteiger partial charge is 0.324 e. The van der Waals surface area contributed by atoms with Gasteiger partial charge in [-0.05, 0) is 18.2 Å². The average molecular weight is 273 g/mol. The third-order valence-corrected chi connectivity index (χ3v) is 2.35. The molecule has 3 N–H and O–H groups in total. The minimum atomic E-state index is -0.510. The van der Waals surface area contributed by atoms with Crippen LogP contribution in [0.2, 0.25) is 0 Å². The minimum absolute atomic E-state index is 0.0103. The Morgan fingerprint density at radius 3 is 3.00 bits per heavy atom. The van der Waals surface area contributed by atoms with Crippen LogP contribution in [-0.4, -0.2) is 27.2 Å². The van der Waals surface area contributed by atoms with Gasteiger partial charge in [-0.15, -0.1) is 0 Å². The molecule has 0 bridgehead atoms. The molecule has 6 nitrogen and oxygen atoms in total. The molecule has 1 amide bonds. The van der Waals surface area contributed by atoms with E-state index in [9.17, 15) is 9.18 Å². The van der Waals surface area contributed by atoms with E-state index in [0.717, 1.165) is 0 Å². The Morgan fingerprint density at radius 2 is 2.35 bits per heavy atom. The molecule has 0 fully saturated rings. The van der Waals surface area contributed by atoms with Crippen molar-refractivity contribution in [2.75, 3.05) is 11.9 Å². The smallest absolute Gasteiger partial charge is 0.246 e. The number of benzene rings is 1. The molecule has 2 aromatic rings. The fourth-order valence-electron chi connectivity index (χ4n) is 1.50. The third-order valence-electron chi connectivity index (χ3n) is 2.35. The summed E-state index contributed by atoms with van der Waals surface area (Å²) < 4.78 is 15.0. The highest BCUT2D eigenvalue weighted by Crippen LogP contribution is 2.13. The van der Waals surface area contributed by atoms with E-state index in [0.29, 0.717) is 5.69 Å². The highest BCUT2D eigenvalue weighted by molar-refractivity contribution is 5.90. The number of hydrogen-bond donors (Lipinski definition) is 2. The number of aromatic nitrogens is 3. The number of amides is 1. The Hall–Kier alpha value is -2.72. The monoisotopic (exact) mass is 273 g/mol. The van der Waals surface area contributed by atoms with Crippen molar-refractivity contribution in [2.45, 2.75) is 6.54 Å². The summed E-state index contributed by atoms with van der Waals surface area (Å²) in [6, 6.07) is 4.27. The zero-order chi connectivity index (χ0) is 14.4. The van der Waals surface area contributed by atoms with Gasteiger partial charge >= 0.3 is 0 Å². The van der Waals surface area contributed by atoms with E-state index >= 15 is 0 Å². The van der Waals surface area contributed by atoms with E-state index in [4.69, 9.17) is 5.73 Å². The summed E-state index contributed by atoms with van der Waals surface area (Å²) in [4.78, 5) is 15.4. The van der Waals surface area contributed by atoms with Crippen LogP contribution in [0, 0.1) is 17.7 Å². The maximum Gasteiger partial charge on any atom is 0.246 e. The number of rotatable bonds is 3. The van der Waals surface area contributed by atoms with Crippen molar-refractivity contribution in [2.24, 2.45) is 5.73 Å². The SMILES string of the molecule is NCC#Cc1ccc(NC(=O)Cn2cncn2)cc1F. The van der Waals surface area contributed by atoms with Crippen molar-refractivity contribution in [3.05, 3.63) is 42.2 Å². The van der Waals surface area contributed by atoms with Crippen LogP contribution < -0.4 is 11.1 Å². The lowest BCUT2D eigenvalue weighted by molar-refractivity contribution is -0.116. The van der Waals surface area contributed by atoms with Gasteiger partial charge in [0.2, 0.25) is 5.91 Å². The van der Waals surface area contributed by atoms with Gasteiger partial charge < -0.3 is 11.1 Å². The van der Waals surface area contributed by atoms with Crippen molar-refractivity contribution in [3.8, 4) is 11.8 Å². The molecule has 0 unspecified atom stereocenters. The first-order valence-corrected chi connectivity index (χ1v) is 5.80. The van der Waals surface area contributed by atoms with E-state index in [2.05, 4.69) is 27.2 Å². The summed E-state index contributed by atoms with van der Waals surface area (Å²) in [5.74, 6) is 4.34. The lowest BCUT2D eigenvalue weighted by atomic mass is 10.2. The topological polar surface area (TPSA) is 85.8 Å². The molecule has 102 valence electrons. The molecule has 20 heavy (non-hydrogen) atoms. The van der Waals surface area contributed by atoms with Gasteiger partial charge in [-0.2, -0.15) is 5.10 Å². The molecule has 0 saturated heterocycles. The summed E-state index contributed by atoms with van der Waals surface area (Å²) >= 11 is 0. The van der Waals surface area contributed by atoms with E-state index in [1.54, 1.807) is 6.07 Å². The molecule has 1 aromatic carbocycles. The van der Waals surface area contributed by atoms with Crippen LogP contribution in [0.25, 0.3) is 0 Å². The molecule has 0 spiro atoms. The highest BCUT2D eigenvalue weighted by atomic mass is 19.1. The molecule has 0 saturated carbocycles. The van der Waals surface area contributed by atoms with Crippen molar-refractivity contribution in [1.82, 2.24) is 14.8 Å². The van der Waals surface area contributed by atoms with Crippen molar-refractivity contribution >= 4 is 11.6 Å². The van der Waals surface area contributed by atoms with Crippen molar-refractivity contribution < 1.29 is 9.18 Å². The minimum Gasteiger partial charge on any atom is -0.324 e. The summed E-state index contributed by atoms with van der Waals surface area (Å²) in [6.45, 7) is 0.173. The van der Waals surface area contributed by atoms with E-state index in [1.807, 2.05) is 0 Å². The normalized spacial score (nSPS) is 9.70. The molecule has 7 heteroatoms. The van der Waals surface area contributed by atoms with Gasteiger partial charge in [0.05, 0.1) is 12.1 Å². The molecule has 0 atom stereocenters. The second kappa shape index (κ2) is 6.45. The van der Waals surface area contributed by atoms with E-state index < -0.39 is 5.82 Å². The van der Waals surface area contributed by atoms with Crippen molar-refractivity contribution in [1.29, 1.82) is 0 Å². The number of nitrogens with zero attached hydrogens (tertiary/aromatic N) is 3. The molecule has 1 aromatic heterocycles. The van der Waals surface area contributed by atoms with Crippen LogP contribution in [0.15, 0.2) is 30.9 Å². The Labute approximate surface area is 114 Å². The molecule has 0 radical (unpaired) electrons. The predicted molar refractivity (Wildman–Crippen MR) is 71.0 cm³/mol. The molecular formula is C13H12FN5O. The summed E-state index contributed by atoms with van der Waals surface area (Å²) in [5, 5.41) is 6.37. The van der Waals surface area contributed by atoms with Gasteiger partial charge in [-0.25, -0.2) is 14.1 Å². The van der Waals surface area contributed by atoms with Crippen LogP contribution in [0.1, 0.15) is 5.56 Å². The van der Waals surface area contributed by atoms with Crippen LogP contribution in [0.3, 0.4) is 0 Å². The number of nitrogens with one attached hydrogen (secondary N) is 1. The van der Waals surface area contributed by atoms with Gasteiger partial charge in [0, 0.05) is 5.69 Å². The molecule has 0 aliphatic heterocycles. The van der Waals surface area contributed by atoms with E-state index in [1.165, 1.54) is 29.5 Å². The van der Waals surface area contributed by atoms with Gasteiger partial charge in [-0.1, -0.05) is 11.8 Å². The standard InChI is InChI=1S/C13H12FN5O/c14-12-6-11(4-3-10(12)2-1-5-15)18-13(20)7-19-9-16-8-17-19/h3-4,6,8-9H,5,7,15H2,(H,18,20). The quantitative estimate of drug-likeness (QED) is 0.791. The second-order valence-electron chi connectivity index (χ2n) is 3.84.